The zero-order valence-corrected chi connectivity index (χ0v) is 9.63. The highest BCUT2D eigenvalue weighted by Crippen LogP contribution is 2.13. The first-order valence-corrected chi connectivity index (χ1v) is 5.20. The molecule has 0 aliphatic carbocycles. The predicted molar refractivity (Wildman–Crippen MR) is 60.0 cm³/mol. The van der Waals surface area contributed by atoms with Crippen LogP contribution in [-0.2, 0) is 6.54 Å². The standard InChI is InChI=1S/C8H13N3S2/c1-6-10-4-7(13-6)5-11(3)8(12)9-2/h4H,5H2,1-3H3,(H,9,12). The Kier molecular flexibility index (Phi) is 3.62. The molecule has 1 N–H and O–H groups in total. The van der Waals surface area contributed by atoms with Gasteiger partial charge in [-0.1, -0.05) is 0 Å². The van der Waals surface area contributed by atoms with Crippen LogP contribution in [0.15, 0.2) is 6.20 Å². The third-order valence-corrected chi connectivity index (χ3v) is 3.04. The van der Waals surface area contributed by atoms with Gasteiger partial charge in [0.15, 0.2) is 5.11 Å². The summed E-state index contributed by atoms with van der Waals surface area (Å²) in [7, 11) is 3.80. The van der Waals surface area contributed by atoms with E-state index in [1.165, 1.54) is 4.88 Å². The number of hydrogen-bond donors (Lipinski definition) is 1. The van der Waals surface area contributed by atoms with Gasteiger partial charge >= 0.3 is 0 Å². The molecule has 0 aromatic carbocycles. The van der Waals surface area contributed by atoms with Crippen molar-refractivity contribution in [3.8, 4) is 0 Å². The normalized spacial score (nSPS) is 9.77. The van der Waals surface area contributed by atoms with Crippen molar-refractivity contribution in [2.75, 3.05) is 14.1 Å². The molecule has 0 aliphatic rings. The SMILES string of the molecule is CNC(=S)N(C)Cc1cnc(C)s1. The van der Waals surface area contributed by atoms with Gasteiger partial charge in [0, 0.05) is 25.2 Å². The molecule has 72 valence electrons. The summed E-state index contributed by atoms with van der Waals surface area (Å²) in [6, 6.07) is 0. The number of thiazole rings is 1. The second-order valence-electron chi connectivity index (χ2n) is 2.76. The third-order valence-electron chi connectivity index (χ3n) is 1.62. The van der Waals surface area contributed by atoms with Crippen LogP contribution in [0.4, 0.5) is 0 Å². The summed E-state index contributed by atoms with van der Waals surface area (Å²) in [4.78, 5) is 7.41. The molecule has 0 bridgehead atoms. The molecule has 1 aromatic heterocycles. The number of rotatable bonds is 2. The van der Waals surface area contributed by atoms with E-state index in [0.717, 1.165) is 16.7 Å². The third kappa shape index (κ3) is 2.93. The quantitative estimate of drug-likeness (QED) is 0.755. The smallest absolute Gasteiger partial charge is 0.168 e. The molecular weight excluding hydrogens is 202 g/mol. The van der Waals surface area contributed by atoms with Gasteiger partial charge in [0.1, 0.15) is 0 Å². The van der Waals surface area contributed by atoms with Gasteiger partial charge in [0.2, 0.25) is 0 Å². The van der Waals surface area contributed by atoms with Crippen LogP contribution in [-0.4, -0.2) is 29.1 Å². The molecule has 0 aliphatic heterocycles. The fourth-order valence-corrected chi connectivity index (χ4v) is 1.89. The lowest BCUT2D eigenvalue weighted by Crippen LogP contribution is -2.33. The molecule has 13 heavy (non-hydrogen) atoms. The van der Waals surface area contributed by atoms with E-state index < -0.39 is 0 Å². The number of nitrogens with one attached hydrogen (secondary N) is 1. The van der Waals surface area contributed by atoms with Crippen LogP contribution in [0.25, 0.3) is 0 Å². The number of hydrogen-bond acceptors (Lipinski definition) is 3. The van der Waals surface area contributed by atoms with Gasteiger partial charge in [-0.15, -0.1) is 11.3 Å². The molecule has 0 amide bonds. The van der Waals surface area contributed by atoms with Crippen LogP contribution in [0.1, 0.15) is 9.88 Å². The van der Waals surface area contributed by atoms with Crippen LogP contribution < -0.4 is 5.32 Å². The first-order chi connectivity index (χ1) is 6.13. The van der Waals surface area contributed by atoms with Gasteiger partial charge in [-0.3, -0.25) is 0 Å². The second-order valence-corrected chi connectivity index (χ2v) is 4.46. The Morgan fingerprint density at radius 2 is 2.46 bits per heavy atom. The maximum atomic E-state index is 5.08. The molecule has 0 fully saturated rings. The largest absolute Gasteiger partial charge is 0.366 e. The minimum atomic E-state index is 0.756. The molecule has 0 saturated carbocycles. The van der Waals surface area contributed by atoms with E-state index in [4.69, 9.17) is 12.2 Å². The number of aromatic nitrogens is 1. The number of nitrogens with zero attached hydrogens (tertiary/aromatic N) is 2. The van der Waals surface area contributed by atoms with Crippen molar-refractivity contribution < 1.29 is 0 Å². The van der Waals surface area contributed by atoms with E-state index in [0.29, 0.717) is 0 Å². The highest BCUT2D eigenvalue weighted by molar-refractivity contribution is 7.80. The lowest BCUT2D eigenvalue weighted by molar-refractivity contribution is 0.499. The fraction of sp³-hybridized carbons (Fsp3) is 0.500. The highest BCUT2D eigenvalue weighted by atomic mass is 32.1. The molecule has 0 radical (unpaired) electrons. The summed E-state index contributed by atoms with van der Waals surface area (Å²) >= 11 is 6.79. The molecule has 5 heteroatoms. The summed E-state index contributed by atoms with van der Waals surface area (Å²) in [5, 5.41) is 4.79. The Morgan fingerprint density at radius 1 is 1.77 bits per heavy atom. The van der Waals surface area contributed by atoms with Crippen LogP contribution in [0.2, 0.25) is 0 Å². The van der Waals surface area contributed by atoms with E-state index in [2.05, 4.69) is 10.3 Å². The number of thiocarbonyl (C=S) groups is 1. The molecule has 0 unspecified atom stereocenters. The number of aryl methyl sites for hydroxylation is 1. The van der Waals surface area contributed by atoms with Crippen LogP contribution in [0.5, 0.6) is 0 Å². The molecule has 1 aromatic rings. The van der Waals surface area contributed by atoms with Crippen molar-refractivity contribution in [3.05, 3.63) is 16.1 Å². The maximum Gasteiger partial charge on any atom is 0.168 e. The molecular formula is C8H13N3S2. The highest BCUT2D eigenvalue weighted by Gasteiger charge is 2.04. The lowest BCUT2D eigenvalue weighted by Gasteiger charge is -2.17. The van der Waals surface area contributed by atoms with Gasteiger partial charge < -0.3 is 10.2 Å². The predicted octanol–water partition coefficient (Wildman–Crippen LogP) is 1.39. The van der Waals surface area contributed by atoms with Crippen molar-refractivity contribution >= 4 is 28.7 Å². The fourth-order valence-electron chi connectivity index (χ4n) is 0.975. The summed E-state index contributed by atoms with van der Waals surface area (Å²) in [5.41, 5.74) is 0. The monoisotopic (exact) mass is 215 g/mol. The van der Waals surface area contributed by atoms with Crippen LogP contribution in [0.3, 0.4) is 0 Å². The van der Waals surface area contributed by atoms with Crippen molar-refractivity contribution in [3.63, 3.8) is 0 Å². The molecule has 0 atom stereocenters. The van der Waals surface area contributed by atoms with Crippen molar-refractivity contribution in [1.29, 1.82) is 0 Å². The van der Waals surface area contributed by atoms with Gasteiger partial charge in [0.25, 0.3) is 0 Å². The Labute approximate surface area is 87.8 Å². The van der Waals surface area contributed by atoms with E-state index in [9.17, 15) is 0 Å². The Balaban J connectivity index is 2.54. The average molecular weight is 215 g/mol. The zero-order chi connectivity index (χ0) is 9.84. The molecule has 1 heterocycles. The zero-order valence-electron chi connectivity index (χ0n) is 8.00. The Hall–Kier alpha value is -0.680. The molecule has 3 nitrogen and oxygen atoms in total. The van der Waals surface area contributed by atoms with E-state index in [-0.39, 0.29) is 0 Å². The van der Waals surface area contributed by atoms with Crippen molar-refractivity contribution in [2.45, 2.75) is 13.5 Å². The van der Waals surface area contributed by atoms with Crippen LogP contribution in [0, 0.1) is 6.92 Å². The van der Waals surface area contributed by atoms with Gasteiger partial charge in [-0.05, 0) is 19.1 Å². The van der Waals surface area contributed by atoms with E-state index >= 15 is 0 Å². The Morgan fingerprint density at radius 3 is 2.92 bits per heavy atom. The van der Waals surface area contributed by atoms with Gasteiger partial charge in [-0.25, -0.2) is 4.98 Å². The molecule has 0 spiro atoms. The summed E-state index contributed by atoms with van der Waals surface area (Å²) in [6.07, 6.45) is 1.90. The van der Waals surface area contributed by atoms with Crippen molar-refractivity contribution in [2.24, 2.45) is 0 Å². The summed E-state index contributed by atoms with van der Waals surface area (Å²) < 4.78 is 0. The van der Waals surface area contributed by atoms with E-state index in [1.807, 2.05) is 32.1 Å². The topological polar surface area (TPSA) is 28.2 Å². The Bertz CT molecular complexity index is 295. The summed E-state index contributed by atoms with van der Waals surface area (Å²) in [5.74, 6) is 0. The minimum Gasteiger partial charge on any atom is -0.366 e. The average Bonchev–Trinajstić information content (AvgIpc) is 2.49. The molecule has 1 rings (SSSR count). The van der Waals surface area contributed by atoms with Crippen LogP contribution >= 0.6 is 23.6 Å². The van der Waals surface area contributed by atoms with Gasteiger partial charge in [0.05, 0.1) is 11.6 Å². The first-order valence-electron chi connectivity index (χ1n) is 3.97. The minimum absolute atomic E-state index is 0.756. The van der Waals surface area contributed by atoms with Gasteiger partial charge in [-0.2, -0.15) is 0 Å². The van der Waals surface area contributed by atoms with E-state index in [1.54, 1.807) is 11.3 Å². The molecule has 0 saturated heterocycles. The maximum absolute atomic E-state index is 5.08. The first kappa shape index (κ1) is 10.4. The second kappa shape index (κ2) is 4.53. The summed E-state index contributed by atoms with van der Waals surface area (Å²) in [6.45, 7) is 2.83. The lowest BCUT2D eigenvalue weighted by atomic mass is 10.5. The van der Waals surface area contributed by atoms with Crippen molar-refractivity contribution in [1.82, 2.24) is 15.2 Å².